The molecular formula is C15H12N4OS2. The van der Waals surface area contributed by atoms with E-state index in [1.54, 1.807) is 6.92 Å². The molecule has 0 aliphatic rings. The minimum atomic E-state index is -0.326. The fraction of sp³-hybridized carbons (Fsp3) is 0.133. The number of thiophene rings is 1. The van der Waals surface area contributed by atoms with E-state index in [2.05, 4.69) is 11.1 Å². The van der Waals surface area contributed by atoms with E-state index in [4.69, 9.17) is 11.1 Å². The Kier molecular flexibility index (Phi) is 3.88. The van der Waals surface area contributed by atoms with E-state index in [1.807, 2.05) is 35.7 Å². The number of hydrogen-bond donors (Lipinski definition) is 1. The number of thioether (sulfide) groups is 1. The van der Waals surface area contributed by atoms with Gasteiger partial charge >= 0.3 is 0 Å². The minimum absolute atomic E-state index is 0.294. The molecule has 0 saturated carbocycles. The average molecular weight is 328 g/mol. The van der Waals surface area contributed by atoms with Crippen molar-refractivity contribution in [3.63, 3.8) is 0 Å². The minimum Gasteiger partial charge on any atom is -0.334 e. The second-order valence-corrected chi connectivity index (χ2v) is 6.82. The van der Waals surface area contributed by atoms with Crippen molar-refractivity contribution in [2.24, 2.45) is 0 Å². The molecule has 0 fully saturated rings. The van der Waals surface area contributed by atoms with Crippen LogP contribution in [-0.2, 0) is 0 Å². The first-order chi connectivity index (χ1) is 10.6. The molecule has 0 radical (unpaired) electrons. The average Bonchev–Trinajstić information content (AvgIpc) is 2.97. The normalized spacial score (nSPS) is 12.2. The van der Waals surface area contributed by atoms with Crippen molar-refractivity contribution in [3.8, 4) is 17.2 Å². The van der Waals surface area contributed by atoms with E-state index in [-0.39, 0.29) is 10.8 Å². The molecule has 0 unspecified atom stereocenters. The van der Waals surface area contributed by atoms with E-state index >= 15 is 0 Å². The number of hydrogen-bond acceptors (Lipinski definition) is 6. The Balaban J connectivity index is 2.20. The monoisotopic (exact) mass is 328 g/mol. The highest BCUT2D eigenvalue weighted by Gasteiger charge is 2.17. The smallest absolute Gasteiger partial charge is 0.282 e. The molecule has 0 saturated heterocycles. The molecule has 3 aromatic rings. The van der Waals surface area contributed by atoms with Gasteiger partial charge in [0.25, 0.3) is 5.56 Å². The molecule has 0 aliphatic carbocycles. The van der Waals surface area contributed by atoms with E-state index in [0.29, 0.717) is 15.4 Å². The molecule has 22 heavy (non-hydrogen) atoms. The lowest BCUT2D eigenvalue weighted by molar-refractivity contribution is 0.781. The van der Waals surface area contributed by atoms with Gasteiger partial charge in [-0.3, -0.25) is 4.79 Å². The van der Waals surface area contributed by atoms with Crippen LogP contribution in [0.1, 0.15) is 6.92 Å². The van der Waals surface area contributed by atoms with Gasteiger partial charge in [0.1, 0.15) is 4.83 Å². The first kappa shape index (κ1) is 14.6. The van der Waals surface area contributed by atoms with Crippen LogP contribution in [0, 0.1) is 11.3 Å². The fourth-order valence-electron chi connectivity index (χ4n) is 2.08. The molecule has 5 nitrogen and oxygen atoms in total. The highest BCUT2D eigenvalue weighted by atomic mass is 32.2. The predicted molar refractivity (Wildman–Crippen MR) is 90.4 cm³/mol. The standard InChI is InChI=1S/C15H12N4OS2/c1-9(7-16)22-15-18-13-12(14(20)19(15)17)11(8-21-13)10-5-3-2-4-6-10/h2-6,8-9H,17H2,1H3/t9-/m0/s1. The van der Waals surface area contributed by atoms with Crippen molar-refractivity contribution in [1.82, 2.24) is 9.66 Å². The van der Waals surface area contributed by atoms with Crippen LogP contribution in [0.5, 0.6) is 0 Å². The van der Waals surface area contributed by atoms with Crippen molar-refractivity contribution < 1.29 is 0 Å². The zero-order valence-corrected chi connectivity index (χ0v) is 13.3. The van der Waals surface area contributed by atoms with Gasteiger partial charge in [-0.05, 0) is 12.5 Å². The van der Waals surface area contributed by atoms with Crippen LogP contribution in [0.2, 0.25) is 0 Å². The summed E-state index contributed by atoms with van der Waals surface area (Å²) in [5.74, 6) is 5.87. The number of nitrogens with zero attached hydrogens (tertiary/aromatic N) is 3. The van der Waals surface area contributed by atoms with Gasteiger partial charge in [-0.2, -0.15) is 5.26 Å². The van der Waals surface area contributed by atoms with Crippen LogP contribution >= 0.6 is 23.1 Å². The maximum absolute atomic E-state index is 12.6. The lowest BCUT2D eigenvalue weighted by atomic mass is 10.1. The summed E-state index contributed by atoms with van der Waals surface area (Å²) in [6.07, 6.45) is 0. The third kappa shape index (κ3) is 2.47. The number of aromatic nitrogens is 2. The van der Waals surface area contributed by atoms with E-state index in [1.165, 1.54) is 23.1 Å². The number of nitriles is 1. The van der Waals surface area contributed by atoms with Gasteiger partial charge in [0, 0.05) is 10.9 Å². The van der Waals surface area contributed by atoms with Crippen molar-refractivity contribution in [2.75, 3.05) is 5.84 Å². The Morgan fingerprint density at radius 1 is 1.41 bits per heavy atom. The van der Waals surface area contributed by atoms with Crippen LogP contribution in [0.15, 0.2) is 45.7 Å². The Bertz CT molecular complexity index is 924. The fourth-order valence-corrected chi connectivity index (χ4v) is 3.79. The maximum atomic E-state index is 12.6. The molecule has 0 aliphatic heterocycles. The van der Waals surface area contributed by atoms with Gasteiger partial charge in [0.2, 0.25) is 0 Å². The lowest BCUT2D eigenvalue weighted by Gasteiger charge is -2.08. The summed E-state index contributed by atoms with van der Waals surface area (Å²) in [7, 11) is 0. The van der Waals surface area contributed by atoms with Crippen LogP contribution < -0.4 is 11.4 Å². The Labute approximate surface area is 135 Å². The molecule has 2 aromatic heterocycles. The van der Waals surface area contributed by atoms with Gasteiger partial charge in [0.15, 0.2) is 5.16 Å². The molecule has 2 heterocycles. The summed E-state index contributed by atoms with van der Waals surface area (Å²) in [6, 6.07) is 11.8. The first-order valence-electron chi connectivity index (χ1n) is 6.53. The van der Waals surface area contributed by atoms with Gasteiger partial charge in [-0.25, -0.2) is 9.66 Å². The number of nitrogen functional groups attached to an aromatic ring is 1. The molecule has 0 spiro atoms. The molecule has 3 rings (SSSR count). The SMILES string of the molecule is C[C@@H](C#N)Sc1nc2scc(-c3ccccc3)c2c(=O)n1N. The molecule has 1 aromatic carbocycles. The highest BCUT2D eigenvalue weighted by Crippen LogP contribution is 2.32. The second-order valence-electron chi connectivity index (χ2n) is 4.65. The van der Waals surface area contributed by atoms with Crippen LogP contribution in [0.25, 0.3) is 21.3 Å². The molecule has 2 N–H and O–H groups in total. The molecular weight excluding hydrogens is 316 g/mol. The summed E-state index contributed by atoms with van der Waals surface area (Å²) in [5, 5.41) is 11.4. The summed E-state index contributed by atoms with van der Waals surface area (Å²) in [4.78, 5) is 17.7. The van der Waals surface area contributed by atoms with Crippen molar-refractivity contribution >= 4 is 33.3 Å². The number of rotatable bonds is 3. The topological polar surface area (TPSA) is 84.7 Å². The summed E-state index contributed by atoms with van der Waals surface area (Å²) < 4.78 is 1.03. The summed E-state index contributed by atoms with van der Waals surface area (Å²) >= 11 is 2.58. The van der Waals surface area contributed by atoms with Gasteiger partial charge in [0.05, 0.1) is 16.7 Å². The maximum Gasteiger partial charge on any atom is 0.282 e. The molecule has 1 atom stereocenters. The lowest BCUT2D eigenvalue weighted by Crippen LogP contribution is -2.30. The quantitative estimate of drug-likeness (QED) is 0.454. The number of benzene rings is 1. The third-order valence-electron chi connectivity index (χ3n) is 3.16. The summed E-state index contributed by atoms with van der Waals surface area (Å²) in [6.45, 7) is 1.74. The van der Waals surface area contributed by atoms with Gasteiger partial charge in [-0.15, -0.1) is 11.3 Å². The largest absolute Gasteiger partial charge is 0.334 e. The zero-order valence-electron chi connectivity index (χ0n) is 11.7. The summed E-state index contributed by atoms with van der Waals surface area (Å²) in [5.41, 5.74) is 1.50. The Hall–Kier alpha value is -2.30. The van der Waals surface area contributed by atoms with Crippen molar-refractivity contribution in [3.05, 3.63) is 46.1 Å². The Morgan fingerprint density at radius 3 is 2.82 bits per heavy atom. The van der Waals surface area contributed by atoms with E-state index < -0.39 is 0 Å². The number of nitrogens with two attached hydrogens (primary N) is 1. The second kappa shape index (κ2) is 5.83. The van der Waals surface area contributed by atoms with Crippen molar-refractivity contribution in [1.29, 1.82) is 5.26 Å². The van der Waals surface area contributed by atoms with Gasteiger partial charge in [-0.1, -0.05) is 42.1 Å². The third-order valence-corrected chi connectivity index (χ3v) is 4.99. The highest BCUT2D eigenvalue weighted by molar-refractivity contribution is 8.00. The van der Waals surface area contributed by atoms with E-state index in [9.17, 15) is 4.79 Å². The Morgan fingerprint density at radius 2 is 2.14 bits per heavy atom. The first-order valence-corrected chi connectivity index (χ1v) is 8.28. The van der Waals surface area contributed by atoms with Gasteiger partial charge < -0.3 is 5.84 Å². The van der Waals surface area contributed by atoms with Crippen LogP contribution in [-0.4, -0.2) is 14.9 Å². The molecule has 0 amide bonds. The van der Waals surface area contributed by atoms with E-state index in [0.717, 1.165) is 15.8 Å². The van der Waals surface area contributed by atoms with Crippen LogP contribution in [0.4, 0.5) is 0 Å². The molecule has 7 heteroatoms. The number of fused-ring (bicyclic) bond motifs is 1. The zero-order chi connectivity index (χ0) is 15.7. The van der Waals surface area contributed by atoms with Crippen LogP contribution in [0.3, 0.4) is 0 Å². The van der Waals surface area contributed by atoms with Crippen molar-refractivity contribution in [2.45, 2.75) is 17.3 Å². The molecule has 110 valence electrons. The predicted octanol–water partition coefficient (Wildman–Crippen LogP) is 2.84. The molecule has 0 bridgehead atoms.